The third-order valence-corrected chi connectivity index (χ3v) is 12.6. The lowest BCUT2D eigenvalue weighted by Gasteiger charge is -2.37. The monoisotopic (exact) mass is 524 g/mol. The van der Waals surface area contributed by atoms with Gasteiger partial charge in [0, 0.05) is 19.4 Å². The quantitative estimate of drug-likeness (QED) is 0.453. The molecular formula is C25H31F3N2O5Si. The van der Waals surface area contributed by atoms with Gasteiger partial charge in [0.15, 0.2) is 8.32 Å². The smallest absolute Gasteiger partial charge is 0.417 e. The van der Waals surface area contributed by atoms with Gasteiger partial charge in [-0.25, -0.2) is 0 Å². The van der Waals surface area contributed by atoms with Gasteiger partial charge in [-0.3, -0.25) is 4.57 Å². The first kappa shape index (κ1) is 26.5. The van der Waals surface area contributed by atoms with Crippen LogP contribution in [0.3, 0.4) is 0 Å². The molecule has 0 aliphatic carbocycles. The molecule has 1 aromatic heterocycles. The maximum Gasteiger partial charge on any atom is 0.417 e. The van der Waals surface area contributed by atoms with Crippen LogP contribution in [0.2, 0.25) is 18.1 Å². The van der Waals surface area contributed by atoms with Crippen LogP contribution in [-0.4, -0.2) is 40.9 Å². The summed E-state index contributed by atoms with van der Waals surface area (Å²) in [6.45, 7) is 12.4. The molecule has 2 aliphatic heterocycles. The van der Waals surface area contributed by atoms with Crippen LogP contribution in [-0.2, 0) is 26.5 Å². The van der Waals surface area contributed by atoms with E-state index in [9.17, 15) is 28.5 Å². The number of aliphatic hydroxyl groups is 1. The lowest BCUT2D eigenvalue weighted by atomic mass is 9.76. The van der Waals surface area contributed by atoms with E-state index in [1.54, 1.807) is 6.92 Å². The van der Waals surface area contributed by atoms with Crippen molar-refractivity contribution >= 4 is 8.32 Å². The molecule has 2 unspecified atom stereocenters. The van der Waals surface area contributed by atoms with Crippen LogP contribution in [0, 0.1) is 11.3 Å². The fraction of sp³-hybridized carbons (Fsp3) is 0.560. The molecule has 36 heavy (non-hydrogen) atoms. The molecule has 3 N–H and O–H groups in total. The largest absolute Gasteiger partial charge is 0.494 e. The van der Waals surface area contributed by atoms with E-state index in [1.807, 2.05) is 0 Å². The summed E-state index contributed by atoms with van der Waals surface area (Å²) >= 11 is 0. The fourth-order valence-electron chi connectivity index (χ4n) is 5.06. The minimum atomic E-state index is -4.81. The number of benzene rings is 1. The minimum absolute atomic E-state index is 0.0361. The number of hydrogen-bond donors (Lipinski definition) is 3. The fourth-order valence-corrected chi connectivity index (χ4v) is 6.10. The Labute approximate surface area is 208 Å². The standard InChI is InChI=1S/C25H31F3N2O5Si/c1-22(2,3)36(5,6)34-10-9-24-12-17(31)23(4,35-24)18-19(24)21(33)30(20(18)32)15-8-7-14(13-29)16(11-15)25(26,27)28/h7-8,11,17,31-33H,9-10,12H2,1-6H3/t17-,23?,24?/m0/s1. The molecule has 0 spiro atoms. The van der Waals surface area contributed by atoms with Crippen molar-refractivity contribution in [3.63, 3.8) is 0 Å². The number of fused-ring (bicyclic) bond motifs is 5. The average Bonchev–Trinajstić information content (AvgIpc) is 3.27. The molecule has 0 radical (unpaired) electrons. The molecule has 3 heterocycles. The molecule has 196 valence electrons. The first-order chi connectivity index (χ1) is 16.4. The zero-order valence-corrected chi connectivity index (χ0v) is 22.1. The van der Waals surface area contributed by atoms with E-state index in [-0.39, 0.29) is 41.3 Å². The number of aromatic nitrogens is 1. The van der Waals surface area contributed by atoms with Crippen molar-refractivity contribution in [1.29, 1.82) is 5.26 Å². The van der Waals surface area contributed by atoms with E-state index in [0.29, 0.717) is 6.07 Å². The Morgan fingerprint density at radius 3 is 2.36 bits per heavy atom. The number of alkyl halides is 3. The van der Waals surface area contributed by atoms with Crippen LogP contribution in [0.4, 0.5) is 13.2 Å². The minimum Gasteiger partial charge on any atom is -0.494 e. The van der Waals surface area contributed by atoms with Crippen LogP contribution in [0.25, 0.3) is 5.69 Å². The summed E-state index contributed by atoms with van der Waals surface area (Å²) in [5.74, 6) is -0.989. The van der Waals surface area contributed by atoms with Crippen molar-refractivity contribution in [1.82, 2.24) is 4.57 Å². The van der Waals surface area contributed by atoms with Crippen LogP contribution in [0.15, 0.2) is 18.2 Å². The number of ether oxygens (including phenoxy) is 1. The van der Waals surface area contributed by atoms with Gasteiger partial charge in [-0.2, -0.15) is 18.4 Å². The van der Waals surface area contributed by atoms with E-state index in [0.717, 1.165) is 10.6 Å². The molecule has 2 aromatic rings. The summed E-state index contributed by atoms with van der Waals surface area (Å²) in [5, 5.41) is 42.3. The highest BCUT2D eigenvalue weighted by Gasteiger charge is 2.66. The van der Waals surface area contributed by atoms with E-state index in [1.165, 1.54) is 12.1 Å². The van der Waals surface area contributed by atoms with Crippen LogP contribution in [0.1, 0.15) is 62.8 Å². The molecule has 3 atom stereocenters. The summed E-state index contributed by atoms with van der Waals surface area (Å²) in [5.41, 5.74) is -4.09. The van der Waals surface area contributed by atoms with Crippen molar-refractivity contribution in [3.05, 3.63) is 40.5 Å². The summed E-state index contributed by atoms with van der Waals surface area (Å²) in [6.07, 6.45) is -5.41. The third kappa shape index (κ3) is 3.73. The number of halogens is 3. The molecule has 0 amide bonds. The highest BCUT2D eigenvalue weighted by molar-refractivity contribution is 6.74. The highest BCUT2D eigenvalue weighted by atomic mass is 28.4. The Balaban J connectivity index is 1.80. The van der Waals surface area contributed by atoms with E-state index < -0.39 is 54.7 Å². The molecular weight excluding hydrogens is 493 g/mol. The molecule has 1 fully saturated rings. The highest BCUT2D eigenvalue weighted by Crippen LogP contribution is 2.65. The Morgan fingerprint density at radius 1 is 1.19 bits per heavy atom. The second-order valence-corrected chi connectivity index (χ2v) is 16.2. The zero-order valence-electron chi connectivity index (χ0n) is 21.1. The maximum absolute atomic E-state index is 13.6. The van der Waals surface area contributed by atoms with Gasteiger partial charge in [-0.05, 0) is 43.3 Å². The van der Waals surface area contributed by atoms with Gasteiger partial charge in [-0.15, -0.1) is 0 Å². The van der Waals surface area contributed by atoms with Gasteiger partial charge in [0.25, 0.3) is 0 Å². The van der Waals surface area contributed by atoms with Crippen molar-refractivity contribution in [2.75, 3.05) is 6.61 Å². The maximum atomic E-state index is 13.6. The van der Waals surface area contributed by atoms with E-state index >= 15 is 0 Å². The molecule has 7 nitrogen and oxygen atoms in total. The second kappa shape index (κ2) is 7.99. The number of rotatable bonds is 5. The first-order valence-electron chi connectivity index (χ1n) is 11.7. The van der Waals surface area contributed by atoms with Gasteiger partial charge in [0.05, 0.1) is 40.1 Å². The van der Waals surface area contributed by atoms with Gasteiger partial charge in [-0.1, -0.05) is 20.8 Å². The SMILES string of the molecule is CC12OC(CCO[Si](C)(C)C(C)(C)C)(C[C@@H]1O)c1c2c(O)n(-c2ccc(C#N)c(C(F)(F)F)c2)c1O. The number of aromatic hydroxyl groups is 2. The van der Waals surface area contributed by atoms with Crippen LogP contribution < -0.4 is 0 Å². The van der Waals surface area contributed by atoms with Crippen LogP contribution in [0.5, 0.6) is 11.8 Å². The van der Waals surface area contributed by atoms with Crippen molar-refractivity contribution in [2.45, 2.75) is 82.2 Å². The molecule has 11 heteroatoms. The van der Waals surface area contributed by atoms with Gasteiger partial charge >= 0.3 is 6.18 Å². The van der Waals surface area contributed by atoms with Gasteiger partial charge in [0.2, 0.25) is 11.8 Å². The molecule has 1 saturated heterocycles. The average molecular weight is 525 g/mol. The Bertz CT molecular complexity index is 1260. The summed E-state index contributed by atoms with van der Waals surface area (Å²) in [6, 6.07) is 4.44. The Morgan fingerprint density at radius 2 is 1.81 bits per heavy atom. The van der Waals surface area contributed by atoms with E-state index in [2.05, 4.69) is 33.9 Å². The number of nitriles is 1. The molecule has 4 rings (SSSR count). The van der Waals surface area contributed by atoms with E-state index in [4.69, 9.17) is 14.4 Å². The first-order valence-corrected chi connectivity index (χ1v) is 14.6. The third-order valence-electron chi connectivity index (χ3n) is 8.10. The molecule has 2 aliphatic rings. The van der Waals surface area contributed by atoms with Gasteiger partial charge in [0.1, 0.15) is 11.2 Å². The number of nitrogens with zero attached hydrogens (tertiary/aromatic N) is 2. The molecule has 2 bridgehead atoms. The zero-order chi connectivity index (χ0) is 27.1. The second-order valence-electron chi connectivity index (χ2n) is 11.4. The van der Waals surface area contributed by atoms with Crippen LogP contribution >= 0.6 is 0 Å². The summed E-state index contributed by atoms with van der Waals surface area (Å²) < 4.78 is 54.2. The molecule has 0 saturated carbocycles. The predicted molar refractivity (Wildman–Crippen MR) is 127 cm³/mol. The summed E-state index contributed by atoms with van der Waals surface area (Å²) in [7, 11) is -2.11. The Hall–Kier alpha value is -2.52. The number of hydrogen-bond acceptors (Lipinski definition) is 6. The number of aliphatic hydroxyl groups excluding tert-OH is 1. The van der Waals surface area contributed by atoms with Crippen molar-refractivity contribution < 1.29 is 37.7 Å². The lowest BCUT2D eigenvalue weighted by molar-refractivity contribution is -0.137. The molecule has 1 aromatic carbocycles. The summed E-state index contributed by atoms with van der Waals surface area (Å²) in [4.78, 5) is 0. The van der Waals surface area contributed by atoms with Crippen molar-refractivity contribution in [2.24, 2.45) is 0 Å². The Kier molecular flexibility index (Phi) is 5.89. The topological polar surface area (TPSA) is 108 Å². The van der Waals surface area contributed by atoms with Crippen molar-refractivity contribution in [3.8, 4) is 23.5 Å². The van der Waals surface area contributed by atoms with Gasteiger partial charge < -0.3 is 24.5 Å². The normalized spacial score (nSPS) is 25.8. The predicted octanol–water partition coefficient (Wildman–Crippen LogP) is 5.40. The lowest BCUT2D eigenvalue weighted by Crippen LogP contribution is -2.42.